The summed E-state index contributed by atoms with van der Waals surface area (Å²) in [5.74, 6) is -0.260. The molecule has 3 heteroatoms. The maximum absolute atomic E-state index is 11.7. The maximum atomic E-state index is 11.7. The predicted molar refractivity (Wildman–Crippen MR) is 82.2 cm³/mol. The van der Waals surface area contributed by atoms with Gasteiger partial charge in [0.15, 0.2) is 0 Å². The normalized spacial score (nSPS) is 17.1. The average molecular weight is 275 g/mol. The second-order valence-electron chi connectivity index (χ2n) is 5.66. The molecule has 1 aromatic rings. The number of carbonyl (C=O) groups excluding carboxylic acids is 1. The van der Waals surface area contributed by atoms with Gasteiger partial charge in [-0.25, -0.2) is 4.79 Å². The highest BCUT2D eigenvalue weighted by Crippen LogP contribution is 2.24. The van der Waals surface area contributed by atoms with Crippen LogP contribution in [0.1, 0.15) is 60.9 Å². The molecule has 0 aromatic heterocycles. The lowest BCUT2D eigenvalue weighted by Gasteiger charge is -2.23. The van der Waals surface area contributed by atoms with Crippen LogP contribution in [0.4, 0.5) is 5.69 Å². The topological polar surface area (TPSA) is 38.3 Å². The molecule has 1 saturated carbocycles. The number of methoxy groups -OCH3 is 1. The Bertz CT molecular complexity index is 448. The van der Waals surface area contributed by atoms with E-state index in [2.05, 4.69) is 11.4 Å². The van der Waals surface area contributed by atoms with E-state index >= 15 is 0 Å². The van der Waals surface area contributed by atoms with Crippen molar-refractivity contribution in [1.29, 1.82) is 0 Å². The van der Waals surface area contributed by atoms with Gasteiger partial charge < -0.3 is 10.1 Å². The van der Waals surface area contributed by atoms with Crippen molar-refractivity contribution in [3.8, 4) is 0 Å². The first-order chi connectivity index (χ1) is 9.72. The summed E-state index contributed by atoms with van der Waals surface area (Å²) >= 11 is 0. The zero-order valence-corrected chi connectivity index (χ0v) is 12.6. The average Bonchev–Trinajstić information content (AvgIpc) is 2.43. The van der Waals surface area contributed by atoms with Crippen molar-refractivity contribution in [1.82, 2.24) is 0 Å². The third-order valence-electron chi connectivity index (χ3n) is 4.20. The molecule has 0 spiro atoms. The number of anilines is 1. The molecule has 2 rings (SSSR count). The number of esters is 1. The molecule has 0 heterocycles. The Morgan fingerprint density at radius 3 is 2.45 bits per heavy atom. The minimum atomic E-state index is -0.260. The van der Waals surface area contributed by atoms with E-state index in [-0.39, 0.29) is 5.97 Å². The molecule has 1 aliphatic rings. The number of benzene rings is 1. The molecule has 20 heavy (non-hydrogen) atoms. The first kappa shape index (κ1) is 14.9. The molecule has 0 bridgehead atoms. The number of rotatable bonds is 3. The Kier molecular flexibility index (Phi) is 5.45. The zero-order chi connectivity index (χ0) is 14.4. The molecule has 1 aromatic carbocycles. The lowest BCUT2D eigenvalue weighted by molar-refractivity contribution is 0.0600. The van der Waals surface area contributed by atoms with Crippen molar-refractivity contribution in [3.63, 3.8) is 0 Å². The van der Waals surface area contributed by atoms with Gasteiger partial charge in [-0.05, 0) is 37.5 Å². The molecule has 0 amide bonds. The summed E-state index contributed by atoms with van der Waals surface area (Å²) in [6, 6.07) is 6.33. The Morgan fingerprint density at radius 2 is 1.80 bits per heavy atom. The molecule has 0 atom stereocenters. The van der Waals surface area contributed by atoms with E-state index in [0.717, 1.165) is 11.3 Å². The van der Waals surface area contributed by atoms with Crippen molar-refractivity contribution in [2.45, 2.75) is 57.9 Å². The van der Waals surface area contributed by atoms with Crippen LogP contribution in [0.3, 0.4) is 0 Å². The summed E-state index contributed by atoms with van der Waals surface area (Å²) in [7, 11) is 1.43. The summed E-state index contributed by atoms with van der Waals surface area (Å²) in [4.78, 5) is 11.7. The number of nitrogens with one attached hydrogen (secondary N) is 1. The third-order valence-corrected chi connectivity index (χ3v) is 4.20. The Balaban J connectivity index is 2.10. The van der Waals surface area contributed by atoms with Crippen LogP contribution >= 0.6 is 0 Å². The highest BCUT2D eigenvalue weighted by atomic mass is 16.5. The fraction of sp³-hybridized carbons (Fsp3) is 0.588. The van der Waals surface area contributed by atoms with E-state index in [1.54, 1.807) is 0 Å². The first-order valence-electron chi connectivity index (χ1n) is 7.67. The van der Waals surface area contributed by atoms with Gasteiger partial charge in [0.25, 0.3) is 0 Å². The van der Waals surface area contributed by atoms with Crippen LogP contribution in [-0.2, 0) is 4.74 Å². The van der Waals surface area contributed by atoms with Crippen LogP contribution in [0.25, 0.3) is 0 Å². The molecule has 1 fully saturated rings. The van der Waals surface area contributed by atoms with Gasteiger partial charge >= 0.3 is 5.97 Å². The summed E-state index contributed by atoms with van der Waals surface area (Å²) in [5.41, 5.74) is 2.71. The molecule has 3 nitrogen and oxygen atoms in total. The molecule has 1 aliphatic carbocycles. The Labute approximate surface area is 121 Å². The quantitative estimate of drug-likeness (QED) is 0.835. The van der Waals surface area contributed by atoms with Gasteiger partial charge in [0.05, 0.1) is 12.7 Å². The van der Waals surface area contributed by atoms with Crippen molar-refractivity contribution in [2.75, 3.05) is 12.4 Å². The molecule has 0 unspecified atom stereocenters. The van der Waals surface area contributed by atoms with Crippen LogP contribution in [0.5, 0.6) is 0 Å². The van der Waals surface area contributed by atoms with Gasteiger partial charge in [-0.1, -0.05) is 38.2 Å². The van der Waals surface area contributed by atoms with Gasteiger partial charge in [0, 0.05) is 11.7 Å². The van der Waals surface area contributed by atoms with E-state index in [0.29, 0.717) is 11.6 Å². The SMILES string of the molecule is COC(=O)c1cccc(NC2CCCCCCC2)c1C. The van der Waals surface area contributed by atoms with Crippen LogP contribution in [-0.4, -0.2) is 19.1 Å². The zero-order valence-electron chi connectivity index (χ0n) is 12.6. The van der Waals surface area contributed by atoms with Gasteiger partial charge in [-0.2, -0.15) is 0 Å². The minimum Gasteiger partial charge on any atom is -0.465 e. The molecule has 0 saturated heterocycles. The van der Waals surface area contributed by atoms with Crippen LogP contribution < -0.4 is 5.32 Å². The number of hydrogen-bond donors (Lipinski definition) is 1. The largest absolute Gasteiger partial charge is 0.465 e. The minimum absolute atomic E-state index is 0.260. The van der Waals surface area contributed by atoms with Gasteiger partial charge in [0.2, 0.25) is 0 Å². The summed E-state index contributed by atoms with van der Waals surface area (Å²) in [5, 5.41) is 3.63. The predicted octanol–water partition coefficient (Wildman–Crippen LogP) is 4.31. The maximum Gasteiger partial charge on any atom is 0.338 e. The highest BCUT2D eigenvalue weighted by molar-refractivity contribution is 5.92. The smallest absolute Gasteiger partial charge is 0.338 e. The lowest BCUT2D eigenvalue weighted by atomic mass is 9.96. The van der Waals surface area contributed by atoms with Crippen molar-refractivity contribution < 1.29 is 9.53 Å². The molecule has 0 radical (unpaired) electrons. The van der Waals surface area contributed by atoms with Crippen molar-refractivity contribution in [3.05, 3.63) is 29.3 Å². The van der Waals surface area contributed by atoms with E-state index in [9.17, 15) is 4.79 Å². The number of hydrogen-bond acceptors (Lipinski definition) is 3. The van der Waals surface area contributed by atoms with E-state index in [1.165, 1.54) is 52.1 Å². The lowest BCUT2D eigenvalue weighted by Crippen LogP contribution is -2.21. The summed E-state index contributed by atoms with van der Waals surface area (Å²) < 4.78 is 4.83. The number of ether oxygens (including phenoxy) is 1. The highest BCUT2D eigenvalue weighted by Gasteiger charge is 2.15. The molecule has 1 N–H and O–H groups in total. The second-order valence-corrected chi connectivity index (χ2v) is 5.66. The standard InChI is InChI=1S/C17H25NO2/c1-13-15(17(19)20-2)11-8-12-16(13)18-14-9-6-4-3-5-7-10-14/h8,11-12,14,18H,3-7,9-10H2,1-2H3. The summed E-state index contributed by atoms with van der Waals surface area (Å²) in [6.07, 6.45) is 9.12. The van der Waals surface area contributed by atoms with Gasteiger partial charge in [-0.15, -0.1) is 0 Å². The second kappa shape index (κ2) is 7.32. The third kappa shape index (κ3) is 3.75. The van der Waals surface area contributed by atoms with E-state index < -0.39 is 0 Å². The van der Waals surface area contributed by atoms with Crippen LogP contribution in [0.15, 0.2) is 18.2 Å². The fourth-order valence-electron chi connectivity index (χ4n) is 2.94. The van der Waals surface area contributed by atoms with Crippen LogP contribution in [0, 0.1) is 6.92 Å². The van der Waals surface area contributed by atoms with Crippen molar-refractivity contribution >= 4 is 11.7 Å². The Morgan fingerprint density at radius 1 is 1.15 bits per heavy atom. The Hall–Kier alpha value is -1.51. The fourth-order valence-corrected chi connectivity index (χ4v) is 2.94. The molecule has 110 valence electrons. The van der Waals surface area contributed by atoms with Gasteiger partial charge in [-0.3, -0.25) is 0 Å². The molecular weight excluding hydrogens is 250 g/mol. The van der Waals surface area contributed by atoms with Crippen LogP contribution in [0.2, 0.25) is 0 Å². The van der Waals surface area contributed by atoms with Gasteiger partial charge in [0.1, 0.15) is 0 Å². The first-order valence-corrected chi connectivity index (χ1v) is 7.67. The number of carbonyl (C=O) groups is 1. The van der Waals surface area contributed by atoms with Crippen molar-refractivity contribution in [2.24, 2.45) is 0 Å². The monoisotopic (exact) mass is 275 g/mol. The van der Waals surface area contributed by atoms with E-state index in [1.807, 2.05) is 19.1 Å². The van der Waals surface area contributed by atoms with E-state index in [4.69, 9.17) is 4.74 Å². The summed E-state index contributed by atoms with van der Waals surface area (Å²) in [6.45, 7) is 1.98. The molecule has 0 aliphatic heterocycles. The molecular formula is C17H25NO2.